The average Bonchev–Trinajstić information content (AvgIpc) is 1.99. The van der Waals surface area contributed by atoms with Crippen LogP contribution in [0, 0.1) is 11.3 Å². The van der Waals surface area contributed by atoms with Crippen molar-refractivity contribution in [2.75, 3.05) is 13.7 Å². The van der Waals surface area contributed by atoms with Crippen molar-refractivity contribution in [2.45, 2.75) is 27.7 Å². The van der Waals surface area contributed by atoms with E-state index in [0.717, 1.165) is 0 Å². The molecule has 0 bridgehead atoms. The lowest BCUT2D eigenvalue weighted by Gasteiger charge is -2.29. The number of hydrogen-bond acceptors (Lipinski definition) is 3. The van der Waals surface area contributed by atoms with E-state index in [1.807, 2.05) is 13.8 Å². The zero-order valence-electron chi connectivity index (χ0n) is 8.59. The largest absolute Gasteiger partial charge is 0.411 e. The van der Waals surface area contributed by atoms with Crippen molar-refractivity contribution in [3.05, 3.63) is 0 Å². The Morgan fingerprint density at radius 2 is 2.00 bits per heavy atom. The summed E-state index contributed by atoms with van der Waals surface area (Å²) in [6.45, 7) is 8.68. The highest BCUT2D eigenvalue weighted by Gasteiger charge is 2.29. The molecule has 0 aliphatic carbocycles. The van der Waals surface area contributed by atoms with Crippen molar-refractivity contribution in [3.63, 3.8) is 0 Å². The van der Waals surface area contributed by atoms with E-state index in [1.165, 1.54) is 0 Å². The molecule has 0 saturated heterocycles. The van der Waals surface area contributed by atoms with E-state index in [1.54, 1.807) is 7.11 Å². The van der Waals surface area contributed by atoms with Crippen molar-refractivity contribution in [1.29, 1.82) is 0 Å². The fraction of sp³-hybridized carbons (Fsp3) is 0.889. The fourth-order valence-corrected chi connectivity index (χ4v) is 0.814. The molecule has 0 unspecified atom stereocenters. The molecule has 0 fully saturated rings. The summed E-state index contributed by atoms with van der Waals surface area (Å²) in [5.41, 5.74) is 0.588. The summed E-state index contributed by atoms with van der Waals surface area (Å²) in [5.74, 6) is 0.429. The first-order valence-electron chi connectivity index (χ1n) is 4.17. The number of methoxy groups -OCH3 is 1. The van der Waals surface area contributed by atoms with E-state index >= 15 is 0 Å². The molecule has 0 aromatic rings. The standard InChI is InChI=1S/C9H19NO2/c1-7(2)9(3,4)8(10-11)6-12-5/h7,11H,6H2,1-5H3/b10-8+. The van der Waals surface area contributed by atoms with Gasteiger partial charge in [-0.15, -0.1) is 0 Å². The molecule has 0 aromatic carbocycles. The maximum absolute atomic E-state index is 8.75. The first-order valence-corrected chi connectivity index (χ1v) is 4.17. The molecule has 12 heavy (non-hydrogen) atoms. The van der Waals surface area contributed by atoms with Crippen LogP contribution in [0.3, 0.4) is 0 Å². The van der Waals surface area contributed by atoms with Gasteiger partial charge >= 0.3 is 0 Å². The van der Waals surface area contributed by atoms with Gasteiger partial charge in [-0.05, 0) is 5.92 Å². The van der Waals surface area contributed by atoms with E-state index in [2.05, 4.69) is 19.0 Å². The van der Waals surface area contributed by atoms with Crippen LogP contribution in [0.2, 0.25) is 0 Å². The zero-order chi connectivity index (χ0) is 9.78. The highest BCUT2D eigenvalue weighted by atomic mass is 16.5. The Bertz CT molecular complexity index is 162. The maximum Gasteiger partial charge on any atom is 0.0885 e. The fourth-order valence-electron chi connectivity index (χ4n) is 0.814. The molecule has 0 spiro atoms. The Kier molecular flexibility index (Phi) is 4.24. The van der Waals surface area contributed by atoms with Gasteiger partial charge in [0, 0.05) is 12.5 Å². The van der Waals surface area contributed by atoms with Crippen molar-refractivity contribution in [1.82, 2.24) is 0 Å². The smallest absolute Gasteiger partial charge is 0.0885 e. The second-order valence-electron chi connectivity index (χ2n) is 3.86. The van der Waals surface area contributed by atoms with Crippen LogP contribution in [0.25, 0.3) is 0 Å². The molecular weight excluding hydrogens is 154 g/mol. The van der Waals surface area contributed by atoms with Gasteiger partial charge in [0.1, 0.15) is 0 Å². The van der Waals surface area contributed by atoms with Gasteiger partial charge in [0.05, 0.1) is 12.3 Å². The molecule has 0 radical (unpaired) electrons. The second kappa shape index (κ2) is 4.45. The quantitative estimate of drug-likeness (QED) is 0.402. The van der Waals surface area contributed by atoms with Gasteiger partial charge in [-0.2, -0.15) is 0 Å². The Morgan fingerprint density at radius 1 is 1.50 bits per heavy atom. The molecule has 0 aliphatic heterocycles. The Balaban J connectivity index is 4.49. The third kappa shape index (κ3) is 2.48. The Morgan fingerprint density at radius 3 is 2.25 bits per heavy atom. The van der Waals surface area contributed by atoms with Crippen molar-refractivity contribution < 1.29 is 9.94 Å². The minimum atomic E-state index is -0.106. The summed E-state index contributed by atoms with van der Waals surface area (Å²) in [6, 6.07) is 0. The number of nitrogens with zero attached hydrogens (tertiary/aromatic N) is 1. The molecule has 3 nitrogen and oxygen atoms in total. The summed E-state index contributed by atoms with van der Waals surface area (Å²) in [6.07, 6.45) is 0. The molecule has 72 valence electrons. The Hall–Kier alpha value is -0.570. The molecule has 0 saturated carbocycles. The number of ether oxygens (including phenoxy) is 1. The van der Waals surface area contributed by atoms with Gasteiger partial charge in [0.2, 0.25) is 0 Å². The lowest BCUT2D eigenvalue weighted by molar-refractivity contribution is 0.215. The van der Waals surface area contributed by atoms with Crippen LogP contribution in [-0.2, 0) is 4.74 Å². The summed E-state index contributed by atoms with van der Waals surface area (Å²) < 4.78 is 4.94. The summed E-state index contributed by atoms with van der Waals surface area (Å²) >= 11 is 0. The number of oxime groups is 1. The molecule has 0 aliphatic rings. The van der Waals surface area contributed by atoms with Crippen LogP contribution in [-0.4, -0.2) is 24.6 Å². The minimum absolute atomic E-state index is 0.106. The molecular formula is C9H19NO2. The summed E-state index contributed by atoms with van der Waals surface area (Å²) in [5, 5.41) is 12.0. The minimum Gasteiger partial charge on any atom is -0.411 e. The monoisotopic (exact) mass is 173 g/mol. The second-order valence-corrected chi connectivity index (χ2v) is 3.86. The molecule has 0 heterocycles. The van der Waals surface area contributed by atoms with E-state index in [-0.39, 0.29) is 5.41 Å². The van der Waals surface area contributed by atoms with E-state index < -0.39 is 0 Å². The summed E-state index contributed by atoms with van der Waals surface area (Å²) in [4.78, 5) is 0. The average molecular weight is 173 g/mol. The maximum atomic E-state index is 8.75. The molecule has 0 aromatic heterocycles. The van der Waals surface area contributed by atoms with Crippen molar-refractivity contribution in [3.8, 4) is 0 Å². The van der Waals surface area contributed by atoms with Gasteiger partial charge in [-0.3, -0.25) is 0 Å². The van der Waals surface area contributed by atoms with Crippen LogP contribution in [0.5, 0.6) is 0 Å². The lowest BCUT2D eigenvalue weighted by atomic mass is 9.77. The van der Waals surface area contributed by atoms with Crippen LogP contribution in [0.15, 0.2) is 5.16 Å². The van der Waals surface area contributed by atoms with Gasteiger partial charge in [0.15, 0.2) is 0 Å². The van der Waals surface area contributed by atoms with Crippen LogP contribution >= 0.6 is 0 Å². The predicted molar refractivity (Wildman–Crippen MR) is 49.7 cm³/mol. The predicted octanol–water partition coefficient (Wildman–Crippen LogP) is 2.15. The highest BCUT2D eigenvalue weighted by molar-refractivity contribution is 5.90. The molecule has 0 rings (SSSR count). The molecule has 1 N–H and O–H groups in total. The third-order valence-electron chi connectivity index (χ3n) is 2.59. The normalized spacial score (nSPS) is 14.0. The highest BCUT2D eigenvalue weighted by Crippen LogP contribution is 2.27. The van der Waals surface area contributed by atoms with E-state index in [0.29, 0.717) is 18.2 Å². The number of rotatable bonds is 4. The van der Waals surface area contributed by atoms with E-state index in [9.17, 15) is 0 Å². The van der Waals surface area contributed by atoms with Gasteiger partial charge in [0.25, 0.3) is 0 Å². The van der Waals surface area contributed by atoms with Crippen molar-refractivity contribution in [2.24, 2.45) is 16.5 Å². The van der Waals surface area contributed by atoms with Crippen LogP contribution in [0.4, 0.5) is 0 Å². The first-order chi connectivity index (χ1) is 5.46. The SMILES string of the molecule is COC/C(=N\O)C(C)(C)C(C)C. The lowest BCUT2D eigenvalue weighted by Crippen LogP contribution is -2.33. The number of hydrogen-bond donors (Lipinski definition) is 1. The van der Waals surface area contributed by atoms with Gasteiger partial charge in [-0.1, -0.05) is 32.9 Å². The van der Waals surface area contributed by atoms with Crippen molar-refractivity contribution >= 4 is 5.71 Å². The van der Waals surface area contributed by atoms with Gasteiger partial charge < -0.3 is 9.94 Å². The molecule has 3 heteroatoms. The third-order valence-corrected chi connectivity index (χ3v) is 2.59. The topological polar surface area (TPSA) is 41.8 Å². The zero-order valence-corrected chi connectivity index (χ0v) is 8.59. The van der Waals surface area contributed by atoms with E-state index in [4.69, 9.17) is 9.94 Å². The summed E-state index contributed by atoms with van der Waals surface area (Å²) in [7, 11) is 1.60. The van der Waals surface area contributed by atoms with Crippen LogP contribution in [0.1, 0.15) is 27.7 Å². The molecule has 0 amide bonds. The first kappa shape index (κ1) is 11.4. The van der Waals surface area contributed by atoms with Crippen LogP contribution < -0.4 is 0 Å². The Labute approximate surface area is 74.4 Å². The van der Waals surface area contributed by atoms with Gasteiger partial charge in [-0.25, -0.2) is 0 Å². The molecule has 0 atom stereocenters.